The highest BCUT2D eigenvalue weighted by Gasteiger charge is 2.25. The second-order valence-electron chi connectivity index (χ2n) is 7.16. The predicted octanol–water partition coefficient (Wildman–Crippen LogP) is 3.03. The molecule has 0 radical (unpaired) electrons. The van der Waals surface area contributed by atoms with Crippen LogP contribution in [0, 0.1) is 0 Å². The number of aromatic nitrogens is 1. The Morgan fingerprint density at radius 3 is 2.50 bits per heavy atom. The highest BCUT2D eigenvalue weighted by Crippen LogP contribution is 2.37. The van der Waals surface area contributed by atoms with Crippen LogP contribution in [0.4, 0.5) is 0 Å². The number of ether oxygens (including phenoxy) is 2. The Balaban J connectivity index is 2.25. The lowest BCUT2D eigenvalue weighted by molar-refractivity contribution is -0.858. The highest BCUT2D eigenvalue weighted by atomic mass is 16.5. The summed E-state index contributed by atoms with van der Waals surface area (Å²) in [5.74, 6) is 0.490. The van der Waals surface area contributed by atoms with Crippen molar-refractivity contribution in [2.75, 3.05) is 34.4 Å². The van der Waals surface area contributed by atoms with Crippen LogP contribution in [-0.4, -0.2) is 44.9 Å². The van der Waals surface area contributed by atoms with Crippen molar-refractivity contribution < 1.29 is 19.2 Å². The van der Waals surface area contributed by atoms with Crippen molar-refractivity contribution >= 4 is 16.9 Å². The summed E-state index contributed by atoms with van der Waals surface area (Å²) in [6.45, 7) is 3.97. The monoisotopic (exact) mass is 381 g/mol. The maximum absolute atomic E-state index is 13.0. The molecule has 148 valence electrons. The van der Waals surface area contributed by atoms with E-state index < -0.39 is 0 Å². The van der Waals surface area contributed by atoms with Crippen molar-refractivity contribution in [3.05, 3.63) is 54.2 Å². The lowest BCUT2D eigenvalue weighted by atomic mass is 10.0. The maximum atomic E-state index is 13.0. The molecule has 1 N–H and O–H groups in total. The second kappa shape index (κ2) is 8.93. The standard InChI is InChI=1S/C23H28N2O3/c1-5-28-23(26)22-21(17-10-7-6-8-11-17)19-16-18(27-4)12-13-20(19)25(22)15-9-14-24(2)3/h6-8,10-13,16H,5,9,14-15H2,1-4H3/p+1. The molecular weight excluding hydrogens is 352 g/mol. The molecule has 5 nitrogen and oxygen atoms in total. The van der Waals surface area contributed by atoms with E-state index in [9.17, 15) is 4.79 Å². The quantitative estimate of drug-likeness (QED) is 0.610. The highest BCUT2D eigenvalue weighted by molar-refractivity contribution is 6.09. The Morgan fingerprint density at radius 2 is 1.86 bits per heavy atom. The number of esters is 1. The number of carbonyl (C=O) groups is 1. The normalized spacial score (nSPS) is 11.2. The Kier molecular flexibility index (Phi) is 6.37. The fraction of sp³-hybridized carbons (Fsp3) is 0.348. The Hall–Kier alpha value is -2.79. The predicted molar refractivity (Wildman–Crippen MR) is 112 cm³/mol. The average Bonchev–Trinajstić information content (AvgIpc) is 3.02. The summed E-state index contributed by atoms with van der Waals surface area (Å²) in [5.41, 5.74) is 3.55. The van der Waals surface area contributed by atoms with Gasteiger partial charge in [-0.3, -0.25) is 0 Å². The smallest absolute Gasteiger partial charge is 0.355 e. The van der Waals surface area contributed by atoms with Gasteiger partial charge in [-0.05, 0) is 30.7 Å². The number of quaternary nitrogens is 1. The van der Waals surface area contributed by atoms with Crippen molar-refractivity contribution in [2.24, 2.45) is 0 Å². The van der Waals surface area contributed by atoms with Crippen molar-refractivity contribution in [3.63, 3.8) is 0 Å². The SMILES string of the molecule is CCOC(=O)c1c(-c2ccccc2)c2cc(OC)ccc2n1CCC[NH+](C)C. The Morgan fingerprint density at radius 1 is 1.11 bits per heavy atom. The van der Waals surface area contributed by atoms with Gasteiger partial charge in [0.25, 0.3) is 0 Å². The van der Waals surface area contributed by atoms with Crippen LogP contribution in [0.25, 0.3) is 22.0 Å². The second-order valence-corrected chi connectivity index (χ2v) is 7.16. The summed E-state index contributed by atoms with van der Waals surface area (Å²) in [7, 11) is 5.94. The summed E-state index contributed by atoms with van der Waals surface area (Å²) in [6.07, 6.45) is 0.971. The number of methoxy groups -OCH3 is 1. The summed E-state index contributed by atoms with van der Waals surface area (Å²) >= 11 is 0. The van der Waals surface area contributed by atoms with Gasteiger partial charge in [-0.25, -0.2) is 4.79 Å². The molecule has 0 saturated carbocycles. The number of nitrogens with zero attached hydrogens (tertiary/aromatic N) is 1. The number of hydrogen-bond acceptors (Lipinski definition) is 3. The number of hydrogen-bond donors (Lipinski definition) is 1. The third-order valence-electron chi connectivity index (χ3n) is 4.86. The number of rotatable bonds is 8. The number of benzene rings is 2. The molecule has 1 heterocycles. The van der Waals surface area contributed by atoms with E-state index in [0.717, 1.165) is 47.3 Å². The van der Waals surface area contributed by atoms with E-state index in [1.54, 1.807) is 7.11 Å². The zero-order valence-electron chi connectivity index (χ0n) is 17.1. The lowest BCUT2D eigenvalue weighted by Crippen LogP contribution is -3.05. The molecule has 3 rings (SSSR count). The van der Waals surface area contributed by atoms with Gasteiger partial charge in [-0.1, -0.05) is 30.3 Å². The van der Waals surface area contributed by atoms with Gasteiger partial charge in [-0.15, -0.1) is 0 Å². The van der Waals surface area contributed by atoms with Crippen molar-refractivity contribution in [3.8, 4) is 16.9 Å². The molecule has 0 aliphatic carbocycles. The van der Waals surface area contributed by atoms with Crippen molar-refractivity contribution in [2.45, 2.75) is 19.9 Å². The van der Waals surface area contributed by atoms with Crippen molar-refractivity contribution in [1.82, 2.24) is 4.57 Å². The van der Waals surface area contributed by atoms with E-state index in [1.165, 1.54) is 4.90 Å². The van der Waals surface area contributed by atoms with Gasteiger partial charge in [0, 0.05) is 29.4 Å². The molecule has 0 atom stereocenters. The Labute approximate surface area is 166 Å². The third kappa shape index (κ3) is 4.04. The summed E-state index contributed by atoms with van der Waals surface area (Å²) < 4.78 is 13.0. The maximum Gasteiger partial charge on any atom is 0.355 e. The van der Waals surface area contributed by atoms with Crippen molar-refractivity contribution in [1.29, 1.82) is 0 Å². The van der Waals surface area contributed by atoms with Gasteiger partial charge >= 0.3 is 5.97 Å². The molecule has 0 spiro atoms. The first-order chi connectivity index (χ1) is 13.6. The molecule has 0 amide bonds. The molecule has 0 saturated heterocycles. The first-order valence-electron chi connectivity index (χ1n) is 9.78. The number of fused-ring (bicyclic) bond motifs is 1. The van der Waals surface area contributed by atoms with Gasteiger partial charge < -0.3 is 18.9 Å². The summed E-state index contributed by atoms with van der Waals surface area (Å²) in [4.78, 5) is 14.4. The Bertz CT molecular complexity index is 945. The lowest BCUT2D eigenvalue weighted by Gasteiger charge is -2.13. The van der Waals surface area contributed by atoms with Gasteiger partial charge in [0.2, 0.25) is 0 Å². The van der Waals surface area contributed by atoms with Gasteiger partial charge in [-0.2, -0.15) is 0 Å². The van der Waals surface area contributed by atoms with E-state index >= 15 is 0 Å². The molecule has 28 heavy (non-hydrogen) atoms. The van der Waals surface area contributed by atoms with Crippen LogP contribution in [-0.2, 0) is 11.3 Å². The zero-order valence-corrected chi connectivity index (χ0v) is 17.1. The van der Waals surface area contributed by atoms with Crippen LogP contribution < -0.4 is 9.64 Å². The minimum absolute atomic E-state index is 0.284. The minimum atomic E-state index is -0.284. The molecule has 2 aromatic carbocycles. The summed E-state index contributed by atoms with van der Waals surface area (Å²) in [6, 6.07) is 16.0. The molecule has 1 aromatic heterocycles. The van der Waals surface area contributed by atoms with Crippen LogP contribution in [0.1, 0.15) is 23.8 Å². The van der Waals surface area contributed by atoms with E-state index in [4.69, 9.17) is 9.47 Å². The largest absolute Gasteiger partial charge is 0.497 e. The summed E-state index contributed by atoms with van der Waals surface area (Å²) in [5, 5.41) is 1.01. The molecular formula is C23H29N2O3+. The fourth-order valence-corrected chi connectivity index (χ4v) is 3.59. The van der Waals surface area contributed by atoms with E-state index in [-0.39, 0.29) is 5.97 Å². The fourth-order valence-electron chi connectivity index (χ4n) is 3.59. The average molecular weight is 381 g/mol. The van der Waals surface area contributed by atoms with E-state index in [0.29, 0.717) is 12.3 Å². The van der Waals surface area contributed by atoms with Crippen LogP contribution in [0.3, 0.4) is 0 Å². The topological polar surface area (TPSA) is 44.9 Å². The third-order valence-corrected chi connectivity index (χ3v) is 4.86. The van der Waals surface area contributed by atoms with Gasteiger partial charge in [0.05, 0.1) is 34.4 Å². The number of aryl methyl sites for hydroxylation is 1. The van der Waals surface area contributed by atoms with Crippen LogP contribution in [0.15, 0.2) is 48.5 Å². The molecule has 0 aliphatic rings. The van der Waals surface area contributed by atoms with E-state index in [1.807, 2.05) is 55.5 Å². The van der Waals surface area contributed by atoms with Gasteiger partial charge in [0.1, 0.15) is 11.4 Å². The molecule has 0 aliphatic heterocycles. The zero-order chi connectivity index (χ0) is 20.1. The first kappa shape index (κ1) is 20.0. The first-order valence-corrected chi connectivity index (χ1v) is 9.78. The van der Waals surface area contributed by atoms with Gasteiger partial charge in [0.15, 0.2) is 0 Å². The minimum Gasteiger partial charge on any atom is -0.497 e. The molecule has 5 heteroatoms. The number of nitrogens with one attached hydrogen (secondary N) is 1. The van der Waals surface area contributed by atoms with Crippen LogP contribution >= 0.6 is 0 Å². The number of carbonyl (C=O) groups excluding carboxylic acids is 1. The molecule has 0 unspecified atom stereocenters. The van der Waals surface area contributed by atoms with E-state index in [2.05, 4.69) is 18.7 Å². The molecule has 0 bridgehead atoms. The molecule has 0 fully saturated rings. The molecule has 3 aromatic rings. The van der Waals surface area contributed by atoms with Crippen LogP contribution in [0.2, 0.25) is 0 Å². The van der Waals surface area contributed by atoms with Crippen LogP contribution in [0.5, 0.6) is 5.75 Å².